The minimum absolute atomic E-state index is 0.0632. The zero-order valence-electron chi connectivity index (χ0n) is 20.1. The molecule has 10 nitrogen and oxygen atoms in total. The molecule has 0 aliphatic carbocycles. The smallest absolute Gasteiger partial charge is 0.313 e. The lowest BCUT2D eigenvalue weighted by atomic mass is 9.88. The first-order valence-electron chi connectivity index (χ1n) is 11.1. The molecule has 0 unspecified atom stereocenters. The number of ketones is 2. The second-order valence-electron chi connectivity index (χ2n) is 7.46. The molecule has 36 heavy (non-hydrogen) atoms. The van der Waals surface area contributed by atoms with Gasteiger partial charge >= 0.3 is 23.9 Å². The van der Waals surface area contributed by atoms with Crippen LogP contribution >= 0.6 is 0 Å². The van der Waals surface area contributed by atoms with Crippen LogP contribution in [-0.2, 0) is 38.2 Å². The summed E-state index contributed by atoms with van der Waals surface area (Å²) >= 11 is 0. The Balaban J connectivity index is 0.00000115. The molecule has 0 spiro atoms. The van der Waals surface area contributed by atoms with Crippen LogP contribution in [0.4, 0.5) is 8.78 Å². The van der Waals surface area contributed by atoms with Gasteiger partial charge in [-0.15, -0.1) is 0 Å². The number of rotatable bonds is 15. The van der Waals surface area contributed by atoms with E-state index in [9.17, 15) is 37.5 Å². The number of carbonyl (C=O) groups excluding carboxylic acids is 4. The minimum atomic E-state index is -1.12. The molecule has 0 bridgehead atoms. The van der Waals surface area contributed by atoms with E-state index in [0.717, 1.165) is 12.1 Å². The van der Waals surface area contributed by atoms with Crippen LogP contribution in [0.2, 0.25) is 0 Å². The summed E-state index contributed by atoms with van der Waals surface area (Å²) in [7, 11) is 0. The monoisotopic (exact) mass is 516 g/mol. The van der Waals surface area contributed by atoms with E-state index < -0.39 is 65.8 Å². The Morgan fingerprint density at radius 3 is 1.58 bits per heavy atom. The van der Waals surface area contributed by atoms with E-state index in [0.29, 0.717) is 0 Å². The van der Waals surface area contributed by atoms with Gasteiger partial charge in [0, 0.05) is 25.7 Å². The maximum absolute atomic E-state index is 13.5. The first kappa shape index (κ1) is 32.3. The summed E-state index contributed by atoms with van der Waals surface area (Å²) in [5.74, 6) is -7.30. The molecule has 0 fully saturated rings. The maximum Gasteiger partial charge on any atom is 0.313 e. The number of ether oxygens (including phenoxy) is 2. The van der Waals surface area contributed by atoms with E-state index >= 15 is 0 Å². The third-order valence-electron chi connectivity index (χ3n) is 4.44. The first-order valence-corrected chi connectivity index (χ1v) is 11.1. The lowest BCUT2D eigenvalue weighted by Crippen LogP contribution is -2.18. The summed E-state index contributed by atoms with van der Waals surface area (Å²) in [4.78, 5) is 66.6. The van der Waals surface area contributed by atoms with Crippen LogP contribution in [0, 0.1) is 11.6 Å². The summed E-state index contributed by atoms with van der Waals surface area (Å²) in [5.41, 5.74) is 0.225. The van der Waals surface area contributed by atoms with Gasteiger partial charge in [0.05, 0.1) is 13.2 Å². The zero-order chi connectivity index (χ0) is 27.7. The number of hydrogen-bond acceptors (Lipinski definition) is 8. The summed E-state index contributed by atoms with van der Waals surface area (Å²) in [5, 5.41) is 16.1. The van der Waals surface area contributed by atoms with Crippen LogP contribution in [-0.4, -0.2) is 58.9 Å². The minimum Gasteiger partial charge on any atom is -0.481 e. The van der Waals surface area contributed by atoms with Crippen molar-refractivity contribution in [3.8, 4) is 0 Å². The van der Waals surface area contributed by atoms with E-state index in [-0.39, 0.29) is 50.9 Å². The Labute approximate surface area is 206 Å². The van der Waals surface area contributed by atoms with Crippen molar-refractivity contribution in [2.24, 2.45) is 0 Å². The van der Waals surface area contributed by atoms with Gasteiger partial charge in [-0.1, -0.05) is 6.07 Å². The Morgan fingerprint density at radius 2 is 1.22 bits per heavy atom. The SMILES string of the molecule is CCOC(=O)CC(=O)CC(CC(=O)CC(=O)OCC)c1ccc(F)c(F)c1.O=C(O)CCCC(=O)O. The highest BCUT2D eigenvalue weighted by molar-refractivity contribution is 5.98. The van der Waals surface area contributed by atoms with Crippen LogP contribution in [0.5, 0.6) is 0 Å². The van der Waals surface area contributed by atoms with Gasteiger partial charge in [-0.3, -0.25) is 28.8 Å². The van der Waals surface area contributed by atoms with Crippen molar-refractivity contribution in [1.29, 1.82) is 0 Å². The quantitative estimate of drug-likeness (QED) is 0.262. The van der Waals surface area contributed by atoms with Crippen LogP contribution in [0.15, 0.2) is 18.2 Å². The van der Waals surface area contributed by atoms with E-state index in [1.165, 1.54) is 6.07 Å². The summed E-state index contributed by atoms with van der Waals surface area (Å²) in [6.07, 6.45) is -1.39. The normalized spacial score (nSPS) is 10.1. The van der Waals surface area contributed by atoms with Crippen molar-refractivity contribution in [1.82, 2.24) is 0 Å². The Bertz CT molecular complexity index is 881. The fourth-order valence-electron chi connectivity index (χ4n) is 2.91. The predicted octanol–water partition coefficient (Wildman–Crippen LogP) is 3.20. The molecule has 0 heterocycles. The molecule has 12 heteroatoms. The number of halogens is 2. The number of hydrogen-bond donors (Lipinski definition) is 2. The lowest BCUT2D eigenvalue weighted by Gasteiger charge is -2.16. The molecule has 0 atom stereocenters. The third-order valence-corrected chi connectivity index (χ3v) is 4.44. The number of carbonyl (C=O) groups is 6. The Morgan fingerprint density at radius 1 is 0.778 bits per heavy atom. The van der Waals surface area contributed by atoms with Gasteiger partial charge in [0.1, 0.15) is 24.4 Å². The molecule has 0 saturated heterocycles. The molecule has 0 amide bonds. The maximum atomic E-state index is 13.5. The summed E-state index contributed by atoms with van der Waals surface area (Å²) in [6.45, 7) is 3.44. The van der Waals surface area contributed by atoms with Crippen LogP contribution in [0.25, 0.3) is 0 Å². The molecule has 0 aliphatic rings. The van der Waals surface area contributed by atoms with Crippen molar-refractivity contribution in [3.05, 3.63) is 35.4 Å². The van der Waals surface area contributed by atoms with Gasteiger partial charge in [-0.05, 0) is 43.9 Å². The predicted molar refractivity (Wildman–Crippen MR) is 120 cm³/mol. The van der Waals surface area contributed by atoms with Gasteiger partial charge in [-0.25, -0.2) is 8.78 Å². The van der Waals surface area contributed by atoms with Gasteiger partial charge in [0.25, 0.3) is 0 Å². The summed E-state index contributed by atoms with van der Waals surface area (Å²) < 4.78 is 36.1. The largest absolute Gasteiger partial charge is 0.481 e. The third kappa shape index (κ3) is 15.3. The van der Waals surface area contributed by atoms with E-state index in [1.54, 1.807) is 13.8 Å². The number of aliphatic carboxylic acids is 2. The molecule has 0 saturated carbocycles. The van der Waals surface area contributed by atoms with Crippen LogP contribution in [0.3, 0.4) is 0 Å². The second kappa shape index (κ2) is 17.7. The van der Waals surface area contributed by atoms with Crippen molar-refractivity contribution in [3.63, 3.8) is 0 Å². The van der Waals surface area contributed by atoms with Crippen molar-refractivity contribution < 1.29 is 57.2 Å². The number of carboxylic acid groups (broad SMARTS) is 2. The van der Waals surface area contributed by atoms with Crippen molar-refractivity contribution in [2.75, 3.05) is 13.2 Å². The second-order valence-corrected chi connectivity index (χ2v) is 7.46. The van der Waals surface area contributed by atoms with Crippen LogP contribution in [0.1, 0.15) is 70.3 Å². The number of carboxylic acids is 2. The lowest BCUT2D eigenvalue weighted by molar-refractivity contribution is -0.146. The molecule has 1 aromatic carbocycles. The molecule has 0 radical (unpaired) electrons. The molecule has 0 aliphatic heterocycles. The van der Waals surface area contributed by atoms with Gasteiger partial charge in [0.15, 0.2) is 11.6 Å². The Hall–Kier alpha value is -3.70. The van der Waals surface area contributed by atoms with E-state index in [1.807, 2.05) is 0 Å². The molecular weight excluding hydrogens is 486 g/mol. The summed E-state index contributed by atoms with van der Waals surface area (Å²) in [6, 6.07) is 3.05. The topological polar surface area (TPSA) is 161 Å². The standard InChI is InChI=1S/C19H22F2O6.C5H8O4/c1-3-26-18(24)10-14(22)7-13(8-15(23)11-19(25)27-4-2)12-5-6-16(20)17(21)9-12;6-4(7)2-1-3-5(8)9/h5-6,9,13H,3-4,7-8,10-11H2,1-2H3;1-3H2,(H,6,7)(H,8,9). The average Bonchev–Trinajstić information content (AvgIpc) is 2.75. The number of esters is 2. The molecular formula is C24H30F2O10. The average molecular weight is 516 g/mol. The fourth-order valence-corrected chi connectivity index (χ4v) is 2.91. The van der Waals surface area contributed by atoms with Crippen molar-refractivity contribution in [2.45, 2.75) is 64.7 Å². The van der Waals surface area contributed by atoms with Gasteiger partial charge in [0.2, 0.25) is 0 Å². The van der Waals surface area contributed by atoms with E-state index in [4.69, 9.17) is 19.7 Å². The van der Waals surface area contributed by atoms with E-state index in [2.05, 4.69) is 0 Å². The van der Waals surface area contributed by atoms with Gasteiger partial charge in [-0.2, -0.15) is 0 Å². The molecule has 2 N–H and O–H groups in total. The highest BCUT2D eigenvalue weighted by atomic mass is 19.2. The molecule has 1 rings (SSSR count). The van der Waals surface area contributed by atoms with Crippen LogP contribution < -0.4 is 0 Å². The number of benzene rings is 1. The van der Waals surface area contributed by atoms with Gasteiger partial charge < -0.3 is 19.7 Å². The number of Topliss-reactive ketones (excluding diaryl/α,β-unsaturated/α-hetero) is 2. The Kier molecular flexibility index (Phi) is 15.9. The van der Waals surface area contributed by atoms with Crippen molar-refractivity contribution >= 4 is 35.4 Å². The first-order chi connectivity index (χ1) is 16.9. The zero-order valence-corrected chi connectivity index (χ0v) is 20.1. The highest BCUT2D eigenvalue weighted by Crippen LogP contribution is 2.27. The fraction of sp³-hybridized carbons (Fsp3) is 0.500. The molecule has 200 valence electrons. The molecule has 1 aromatic rings. The highest BCUT2D eigenvalue weighted by Gasteiger charge is 2.24. The molecule has 0 aromatic heterocycles.